The van der Waals surface area contributed by atoms with E-state index in [1.807, 2.05) is 20.0 Å². The molecule has 0 atom stereocenters. The highest BCUT2D eigenvalue weighted by Gasteiger charge is 2.23. The monoisotopic (exact) mass is 386 g/mol. The maximum Gasteiger partial charge on any atom is 0.153 e. The van der Waals surface area contributed by atoms with Crippen molar-refractivity contribution in [2.75, 3.05) is 11.4 Å². The minimum atomic E-state index is 0.750. The molecule has 4 aromatic rings. The molecule has 0 saturated heterocycles. The highest BCUT2D eigenvalue weighted by Crippen LogP contribution is 2.34. The third kappa shape index (κ3) is 2.84. The standard InChI is InChI=1S/C24H26N4O/c1-15-17(3)28(14-22-16(2)26-29-18(22)4)23-21(15)9-11-25-24(23)27-12-10-19-7-5-6-8-20(19)13-27/h5-9,11H,10,12-14H2,1-4H3. The number of aryl methyl sites for hydroxylation is 3. The summed E-state index contributed by atoms with van der Waals surface area (Å²) in [5, 5.41) is 5.43. The quantitative estimate of drug-likeness (QED) is 0.504. The van der Waals surface area contributed by atoms with Crippen LogP contribution in [0.3, 0.4) is 0 Å². The smallest absolute Gasteiger partial charge is 0.153 e. The van der Waals surface area contributed by atoms with Gasteiger partial charge >= 0.3 is 0 Å². The zero-order chi connectivity index (χ0) is 20.1. The number of benzene rings is 1. The fourth-order valence-corrected chi connectivity index (χ4v) is 4.57. The molecular weight excluding hydrogens is 360 g/mol. The summed E-state index contributed by atoms with van der Waals surface area (Å²) >= 11 is 0. The summed E-state index contributed by atoms with van der Waals surface area (Å²) in [7, 11) is 0. The Balaban J connectivity index is 1.65. The van der Waals surface area contributed by atoms with Crippen molar-refractivity contribution in [2.45, 2.75) is 47.2 Å². The van der Waals surface area contributed by atoms with Crippen LogP contribution >= 0.6 is 0 Å². The Hall–Kier alpha value is -3.08. The van der Waals surface area contributed by atoms with Crippen molar-refractivity contribution in [3.05, 3.63) is 75.9 Å². The average Bonchev–Trinajstić information content (AvgIpc) is 3.19. The van der Waals surface area contributed by atoms with Gasteiger partial charge in [-0.1, -0.05) is 29.4 Å². The van der Waals surface area contributed by atoms with Gasteiger partial charge in [0, 0.05) is 35.9 Å². The zero-order valence-electron chi connectivity index (χ0n) is 17.5. The van der Waals surface area contributed by atoms with Crippen molar-refractivity contribution in [1.29, 1.82) is 0 Å². The molecule has 0 fully saturated rings. The van der Waals surface area contributed by atoms with Crippen LogP contribution in [0.5, 0.6) is 0 Å². The number of pyridine rings is 1. The Kier molecular flexibility index (Phi) is 4.19. The molecule has 5 heteroatoms. The van der Waals surface area contributed by atoms with Gasteiger partial charge < -0.3 is 14.0 Å². The van der Waals surface area contributed by atoms with Gasteiger partial charge in [-0.15, -0.1) is 0 Å². The maximum atomic E-state index is 5.42. The topological polar surface area (TPSA) is 47.1 Å². The van der Waals surface area contributed by atoms with Gasteiger partial charge in [0.25, 0.3) is 0 Å². The molecule has 0 N–H and O–H groups in total. The zero-order valence-corrected chi connectivity index (χ0v) is 17.5. The molecule has 0 unspecified atom stereocenters. The van der Waals surface area contributed by atoms with Crippen molar-refractivity contribution in [3.8, 4) is 0 Å². The number of aromatic nitrogens is 3. The van der Waals surface area contributed by atoms with Crippen LogP contribution in [-0.2, 0) is 19.5 Å². The first-order valence-electron chi connectivity index (χ1n) is 10.2. The Morgan fingerprint density at radius 2 is 1.83 bits per heavy atom. The maximum absolute atomic E-state index is 5.42. The predicted molar refractivity (Wildman–Crippen MR) is 115 cm³/mol. The van der Waals surface area contributed by atoms with Crippen LogP contribution in [0.1, 0.15) is 39.4 Å². The van der Waals surface area contributed by atoms with Crippen LogP contribution in [-0.4, -0.2) is 21.3 Å². The lowest BCUT2D eigenvalue weighted by atomic mass is 10.00. The lowest BCUT2D eigenvalue weighted by Crippen LogP contribution is -2.31. The minimum absolute atomic E-state index is 0.750. The van der Waals surface area contributed by atoms with Gasteiger partial charge in [0.15, 0.2) is 5.82 Å². The first kappa shape index (κ1) is 18.0. The second kappa shape index (κ2) is 6.76. The molecule has 1 aliphatic rings. The number of hydrogen-bond acceptors (Lipinski definition) is 4. The summed E-state index contributed by atoms with van der Waals surface area (Å²) in [6.45, 7) is 11.0. The second-order valence-electron chi connectivity index (χ2n) is 8.07. The molecule has 0 aliphatic carbocycles. The summed E-state index contributed by atoms with van der Waals surface area (Å²) < 4.78 is 7.81. The lowest BCUT2D eigenvalue weighted by Gasteiger charge is -2.30. The molecule has 4 heterocycles. The summed E-state index contributed by atoms with van der Waals surface area (Å²) in [5.74, 6) is 1.96. The number of hydrogen-bond donors (Lipinski definition) is 0. The highest BCUT2D eigenvalue weighted by atomic mass is 16.5. The lowest BCUT2D eigenvalue weighted by molar-refractivity contribution is 0.392. The number of rotatable bonds is 3. The Bertz CT molecular complexity index is 1200. The van der Waals surface area contributed by atoms with E-state index in [2.05, 4.69) is 58.8 Å². The van der Waals surface area contributed by atoms with E-state index >= 15 is 0 Å². The SMILES string of the molecule is Cc1noc(C)c1Cn1c(C)c(C)c2ccnc(N3CCc4ccccc4C3)c21. The molecule has 5 rings (SSSR count). The van der Waals surface area contributed by atoms with Gasteiger partial charge in [0.05, 0.1) is 17.8 Å². The summed E-state index contributed by atoms with van der Waals surface area (Å²) in [6, 6.07) is 10.9. The third-order valence-electron chi connectivity index (χ3n) is 6.45. The Morgan fingerprint density at radius 3 is 2.59 bits per heavy atom. The Labute approximate surface area is 171 Å². The normalized spacial score (nSPS) is 13.9. The molecule has 0 amide bonds. The summed E-state index contributed by atoms with van der Waals surface area (Å²) in [5.41, 5.74) is 8.76. The van der Waals surface area contributed by atoms with E-state index in [0.717, 1.165) is 48.9 Å². The van der Waals surface area contributed by atoms with E-state index in [1.165, 1.54) is 33.3 Å². The number of nitrogens with zero attached hydrogens (tertiary/aromatic N) is 4. The molecule has 0 saturated carbocycles. The van der Waals surface area contributed by atoms with E-state index in [-0.39, 0.29) is 0 Å². The van der Waals surface area contributed by atoms with Crippen LogP contribution in [0.15, 0.2) is 41.1 Å². The fourth-order valence-electron chi connectivity index (χ4n) is 4.57. The summed E-state index contributed by atoms with van der Waals surface area (Å²) in [6.07, 6.45) is 3.00. The van der Waals surface area contributed by atoms with Crippen molar-refractivity contribution in [1.82, 2.24) is 14.7 Å². The van der Waals surface area contributed by atoms with E-state index in [1.54, 1.807) is 0 Å². The van der Waals surface area contributed by atoms with Gasteiger partial charge in [-0.2, -0.15) is 0 Å². The Morgan fingerprint density at radius 1 is 1.03 bits per heavy atom. The van der Waals surface area contributed by atoms with Crippen molar-refractivity contribution < 1.29 is 4.52 Å². The van der Waals surface area contributed by atoms with Gasteiger partial charge in [-0.25, -0.2) is 4.98 Å². The molecular formula is C24H26N4O. The molecule has 3 aromatic heterocycles. The third-order valence-corrected chi connectivity index (χ3v) is 6.45. The average molecular weight is 386 g/mol. The second-order valence-corrected chi connectivity index (χ2v) is 8.07. The van der Waals surface area contributed by atoms with Crippen molar-refractivity contribution in [3.63, 3.8) is 0 Å². The van der Waals surface area contributed by atoms with Crippen LogP contribution in [0.2, 0.25) is 0 Å². The molecule has 29 heavy (non-hydrogen) atoms. The van der Waals surface area contributed by atoms with E-state index in [4.69, 9.17) is 9.51 Å². The number of fused-ring (bicyclic) bond motifs is 2. The van der Waals surface area contributed by atoms with Crippen LogP contribution in [0, 0.1) is 27.7 Å². The molecule has 0 radical (unpaired) electrons. The summed E-state index contributed by atoms with van der Waals surface area (Å²) in [4.78, 5) is 7.28. The first-order chi connectivity index (χ1) is 14.0. The van der Waals surface area contributed by atoms with Crippen LogP contribution in [0.4, 0.5) is 5.82 Å². The van der Waals surface area contributed by atoms with Crippen molar-refractivity contribution >= 4 is 16.7 Å². The van der Waals surface area contributed by atoms with E-state index in [9.17, 15) is 0 Å². The van der Waals surface area contributed by atoms with Gasteiger partial charge in [-0.3, -0.25) is 0 Å². The van der Waals surface area contributed by atoms with E-state index < -0.39 is 0 Å². The van der Waals surface area contributed by atoms with Gasteiger partial charge in [-0.05, 0) is 56.9 Å². The predicted octanol–water partition coefficient (Wildman–Crippen LogP) is 4.87. The van der Waals surface area contributed by atoms with Gasteiger partial charge in [0.2, 0.25) is 0 Å². The van der Waals surface area contributed by atoms with Gasteiger partial charge in [0.1, 0.15) is 5.76 Å². The first-order valence-corrected chi connectivity index (χ1v) is 10.2. The molecule has 1 aliphatic heterocycles. The number of anilines is 1. The van der Waals surface area contributed by atoms with Crippen LogP contribution in [0.25, 0.3) is 10.9 Å². The fraction of sp³-hybridized carbons (Fsp3) is 0.333. The molecule has 0 bridgehead atoms. The minimum Gasteiger partial charge on any atom is -0.361 e. The largest absolute Gasteiger partial charge is 0.361 e. The molecule has 148 valence electrons. The van der Waals surface area contributed by atoms with Crippen LogP contribution < -0.4 is 4.90 Å². The molecule has 5 nitrogen and oxygen atoms in total. The molecule has 0 spiro atoms. The van der Waals surface area contributed by atoms with E-state index in [0.29, 0.717) is 0 Å². The molecule has 1 aromatic carbocycles. The van der Waals surface area contributed by atoms with Crippen molar-refractivity contribution in [2.24, 2.45) is 0 Å². The highest BCUT2D eigenvalue weighted by molar-refractivity contribution is 5.93.